The fourth-order valence-electron chi connectivity index (χ4n) is 0.507. The number of hydrogen-bond acceptors (Lipinski definition) is 3. The third-order valence-corrected chi connectivity index (χ3v) is 0.912. The lowest BCUT2D eigenvalue weighted by molar-refractivity contribution is 0.0621. The number of ether oxygens (including phenoxy) is 1. The SMILES string of the molecule is CCC1=NOCCO1. The van der Waals surface area contributed by atoms with Crippen molar-refractivity contribution in [2.75, 3.05) is 13.2 Å². The van der Waals surface area contributed by atoms with Gasteiger partial charge in [-0.2, -0.15) is 0 Å². The molecular formula is C5H9NO2. The van der Waals surface area contributed by atoms with E-state index in [-0.39, 0.29) is 0 Å². The molecule has 46 valence electrons. The van der Waals surface area contributed by atoms with Gasteiger partial charge in [-0.1, -0.05) is 12.1 Å². The molecule has 0 saturated carbocycles. The van der Waals surface area contributed by atoms with E-state index >= 15 is 0 Å². The highest BCUT2D eigenvalue weighted by Gasteiger charge is 2.02. The Labute approximate surface area is 48.3 Å². The number of hydrogen-bond donors (Lipinski definition) is 0. The molecule has 1 aliphatic heterocycles. The smallest absolute Gasteiger partial charge is 0.225 e. The Balaban J connectivity index is 2.37. The van der Waals surface area contributed by atoms with Gasteiger partial charge in [-0.3, -0.25) is 0 Å². The van der Waals surface area contributed by atoms with E-state index in [2.05, 4.69) is 5.16 Å². The van der Waals surface area contributed by atoms with Gasteiger partial charge in [0.05, 0.1) is 0 Å². The van der Waals surface area contributed by atoms with Gasteiger partial charge in [0.25, 0.3) is 0 Å². The molecule has 0 fully saturated rings. The monoisotopic (exact) mass is 115 g/mol. The van der Waals surface area contributed by atoms with Gasteiger partial charge < -0.3 is 9.57 Å². The first-order valence-electron chi connectivity index (χ1n) is 2.75. The summed E-state index contributed by atoms with van der Waals surface area (Å²) in [4.78, 5) is 4.74. The number of nitrogens with zero attached hydrogens (tertiary/aromatic N) is 1. The summed E-state index contributed by atoms with van der Waals surface area (Å²) in [5.74, 6) is 0.705. The average molecular weight is 115 g/mol. The van der Waals surface area contributed by atoms with Crippen LogP contribution in [0.1, 0.15) is 13.3 Å². The largest absolute Gasteiger partial charge is 0.475 e. The Hall–Kier alpha value is -0.730. The number of rotatable bonds is 1. The Morgan fingerprint density at radius 2 is 2.50 bits per heavy atom. The minimum atomic E-state index is 0.587. The van der Waals surface area contributed by atoms with Gasteiger partial charge in [0.1, 0.15) is 6.61 Å². The highest BCUT2D eigenvalue weighted by atomic mass is 16.7. The third-order valence-electron chi connectivity index (χ3n) is 0.912. The molecule has 0 bridgehead atoms. The summed E-state index contributed by atoms with van der Waals surface area (Å²) >= 11 is 0. The lowest BCUT2D eigenvalue weighted by Crippen LogP contribution is -2.14. The summed E-state index contributed by atoms with van der Waals surface area (Å²) in [7, 11) is 0. The van der Waals surface area contributed by atoms with Crippen molar-refractivity contribution in [2.45, 2.75) is 13.3 Å². The third kappa shape index (κ3) is 1.12. The van der Waals surface area contributed by atoms with Crippen LogP contribution >= 0.6 is 0 Å². The van der Waals surface area contributed by atoms with Crippen molar-refractivity contribution in [3.8, 4) is 0 Å². The van der Waals surface area contributed by atoms with E-state index in [1.807, 2.05) is 6.92 Å². The van der Waals surface area contributed by atoms with E-state index in [1.165, 1.54) is 0 Å². The van der Waals surface area contributed by atoms with Crippen LogP contribution in [0.3, 0.4) is 0 Å². The van der Waals surface area contributed by atoms with E-state index in [1.54, 1.807) is 0 Å². The molecule has 0 aliphatic carbocycles. The summed E-state index contributed by atoms with van der Waals surface area (Å²) in [5.41, 5.74) is 0. The van der Waals surface area contributed by atoms with Crippen molar-refractivity contribution < 1.29 is 9.57 Å². The lowest BCUT2D eigenvalue weighted by Gasteiger charge is -2.10. The molecule has 0 atom stereocenters. The van der Waals surface area contributed by atoms with Gasteiger partial charge in [0.2, 0.25) is 5.90 Å². The van der Waals surface area contributed by atoms with Crippen LogP contribution in [-0.2, 0) is 9.57 Å². The van der Waals surface area contributed by atoms with Crippen molar-refractivity contribution in [1.82, 2.24) is 0 Å². The first kappa shape index (κ1) is 5.41. The van der Waals surface area contributed by atoms with Crippen LogP contribution in [0.5, 0.6) is 0 Å². The second-order valence-electron chi connectivity index (χ2n) is 1.52. The van der Waals surface area contributed by atoms with Crippen LogP contribution in [0.2, 0.25) is 0 Å². The molecule has 3 nitrogen and oxygen atoms in total. The van der Waals surface area contributed by atoms with Gasteiger partial charge in [-0.15, -0.1) is 0 Å². The minimum absolute atomic E-state index is 0.587. The molecule has 0 N–H and O–H groups in total. The second kappa shape index (κ2) is 2.55. The van der Waals surface area contributed by atoms with Gasteiger partial charge >= 0.3 is 0 Å². The first-order chi connectivity index (χ1) is 3.93. The number of oxime groups is 1. The molecular weight excluding hydrogens is 106 g/mol. The van der Waals surface area contributed by atoms with Crippen molar-refractivity contribution in [2.24, 2.45) is 5.16 Å². The molecule has 0 radical (unpaired) electrons. The van der Waals surface area contributed by atoms with Crippen molar-refractivity contribution >= 4 is 5.90 Å². The highest BCUT2D eigenvalue weighted by Crippen LogP contribution is 1.95. The molecule has 0 aromatic heterocycles. The molecule has 1 rings (SSSR count). The maximum absolute atomic E-state index is 5.05. The molecule has 0 aromatic carbocycles. The predicted molar refractivity (Wildman–Crippen MR) is 29.6 cm³/mol. The summed E-state index contributed by atoms with van der Waals surface area (Å²) < 4.78 is 5.05. The maximum Gasteiger partial charge on any atom is 0.225 e. The first-order valence-corrected chi connectivity index (χ1v) is 2.75. The van der Waals surface area contributed by atoms with Crippen molar-refractivity contribution in [3.63, 3.8) is 0 Å². The lowest BCUT2D eigenvalue weighted by atomic mass is 10.5. The van der Waals surface area contributed by atoms with E-state index in [4.69, 9.17) is 9.57 Å². The molecule has 0 spiro atoms. The summed E-state index contributed by atoms with van der Waals surface area (Å²) in [6.45, 7) is 3.21. The molecule has 3 heteroatoms. The highest BCUT2D eigenvalue weighted by molar-refractivity contribution is 5.75. The van der Waals surface area contributed by atoms with Gasteiger partial charge in [0.15, 0.2) is 6.61 Å². The summed E-state index contributed by atoms with van der Waals surface area (Å²) in [6, 6.07) is 0. The maximum atomic E-state index is 5.05. The Kier molecular flexibility index (Phi) is 1.72. The fourth-order valence-corrected chi connectivity index (χ4v) is 0.507. The quantitative estimate of drug-likeness (QED) is 0.505. The Morgan fingerprint density at radius 1 is 1.62 bits per heavy atom. The van der Waals surface area contributed by atoms with Crippen LogP contribution < -0.4 is 0 Å². The zero-order chi connectivity index (χ0) is 5.82. The van der Waals surface area contributed by atoms with Gasteiger partial charge in [-0.25, -0.2) is 0 Å². The van der Waals surface area contributed by atoms with E-state index in [9.17, 15) is 0 Å². The molecule has 0 unspecified atom stereocenters. The van der Waals surface area contributed by atoms with Gasteiger partial charge in [-0.05, 0) is 0 Å². The summed E-state index contributed by atoms with van der Waals surface area (Å²) in [6.07, 6.45) is 0.819. The molecule has 1 aliphatic rings. The Bertz CT molecular complexity index is 101. The zero-order valence-corrected chi connectivity index (χ0v) is 4.89. The van der Waals surface area contributed by atoms with E-state index in [0.29, 0.717) is 19.1 Å². The fraction of sp³-hybridized carbons (Fsp3) is 0.800. The van der Waals surface area contributed by atoms with Crippen molar-refractivity contribution in [3.05, 3.63) is 0 Å². The van der Waals surface area contributed by atoms with E-state index in [0.717, 1.165) is 6.42 Å². The van der Waals surface area contributed by atoms with Gasteiger partial charge in [0, 0.05) is 6.42 Å². The Morgan fingerprint density at radius 3 is 2.88 bits per heavy atom. The molecule has 0 aromatic rings. The average Bonchev–Trinajstić information content (AvgIpc) is 1.90. The molecule has 0 amide bonds. The standard InChI is InChI=1S/C5H9NO2/c1-2-5-6-8-4-3-7-5/h2-4H2,1H3. The minimum Gasteiger partial charge on any atom is -0.475 e. The predicted octanol–water partition coefficient (Wildman–Crippen LogP) is 0.757. The zero-order valence-electron chi connectivity index (χ0n) is 4.89. The molecule has 1 heterocycles. The van der Waals surface area contributed by atoms with Crippen LogP contribution in [0, 0.1) is 0 Å². The van der Waals surface area contributed by atoms with E-state index < -0.39 is 0 Å². The van der Waals surface area contributed by atoms with Crippen LogP contribution in [-0.4, -0.2) is 19.1 Å². The normalized spacial score (nSPS) is 18.4. The molecule has 8 heavy (non-hydrogen) atoms. The molecule has 0 saturated heterocycles. The summed E-state index contributed by atoms with van der Waals surface area (Å²) in [5, 5.41) is 3.64. The van der Waals surface area contributed by atoms with Crippen LogP contribution in [0.15, 0.2) is 5.16 Å². The topological polar surface area (TPSA) is 30.8 Å². The van der Waals surface area contributed by atoms with Crippen molar-refractivity contribution in [1.29, 1.82) is 0 Å². The van der Waals surface area contributed by atoms with Crippen LogP contribution in [0.4, 0.5) is 0 Å². The second-order valence-corrected chi connectivity index (χ2v) is 1.52. The van der Waals surface area contributed by atoms with Crippen LogP contribution in [0.25, 0.3) is 0 Å².